The summed E-state index contributed by atoms with van der Waals surface area (Å²) < 4.78 is 0. The standard InChI is InChI=1S/C9H16N2/c1-3-9(11-10)8-6-4-5-7(8)2/h1,7-9,11H,4-6,10H2,2H3. The van der Waals surface area contributed by atoms with Gasteiger partial charge in [0.15, 0.2) is 0 Å². The third kappa shape index (κ3) is 1.74. The minimum Gasteiger partial charge on any atom is -0.270 e. The van der Waals surface area contributed by atoms with Gasteiger partial charge < -0.3 is 0 Å². The van der Waals surface area contributed by atoms with E-state index in [0.29, 0.717) is 5.92 Å². The Morgan fingerprint density at radius 3 is 2.73 bits per heavy atom. The van der Waals surface area contributed by atoms with Crippen molar-refractivity contribution in [2.24, 2.45) is 17.7 Å². The van der Waals surface area contributed by atoms with Crippen LogP contribution in [0.25, 0.3) is 0 Å². The third-order valence-electron chi connectivity index (χ3n) is 2.72. The predicted molar refractivity (Wildman–Crippen MR) is 46.4 cm³/mol. The molecule has 0 saturated heterocycles. The zero-order valence-electron chi connectivity index (χ0n) is 7.01. The van der Waals surface area contributed by atoms with Crippen LogP contribution in [-0.4, -0.2) is 6.04 Å². The van der Waals surface area contributed by atoms with Crippen LogP contribution in [0.1, 0.15) is 26.2 Å². The second-order valence-electron chi connectivity index (χ2n) is 3.38. The Hall–Kier alpha value is -0.520. The molecule has 0 aromatic carbocycles. The molecule has 1 aliphatic carbocycles. The highest BCUT2D eigenvalue weighted by atomic mass is 15.2. The summed E-state index contributed by atoms with van der Waals surface area (Å²) in [5, 5.41) is 0. The van der Waals surface area contributed by atoms with Gasteiger partial charge in [-0.25, -0.2) is 5.43 Å². The maximum Gasteiger partial charge on any atom is 0.0845 e. The minimum absolute atomic E-state index is 0.0764. The first-order chi connectivity index (χ1) is 5.29. The molecule has 3 N–H and O–H groups in total. The summed E-state index contributed by atoms with van der Waals surface area (Å²) in [7, 11) is 0. The highest BCUT2D eigenvalue weighted by Gasteiger charge is 2.28. The van der Waals surface area contributed by atoms with E-state index in [9.17, 15) is 0 Å². The highest BCUT2D eigenvalue weighted by molar-refractivity contribution is 5.03. The van der Waals surface area contributed by atoms with Crippen LogP contribution >= 0.6 is 0 Å². The first-order valence-corrected chi connectivity index (χ1v) is 4.22. The van der Waals surface area contributed by atoms with E-state index >= 15 is 0 Å². The zero-order chi connectivity index (χ0) is 8.27. The van der Waals surface area contributed by atoms with Gasteiger partial charge in [-0.3, -0.25) is 5.84 Å². The molecular weight excluding hydrogens is 136 g/mol. The van der Waals surface area contributed by atoms with Gasteiger partial charge in [0.05, 0.1) is 6.04 Å². The molecule has 0 aromatic heterocycles. The fourth-order valence-electron chi connectivity index (χ4n) is 1.96. The summed E-state index contributed by atoms with van der Waals surface area (Å²) in [4.78, 5) is 0. The Labute approximate surface area is 68.5 Å². The maximum absolute atomic E-state index is 5.33. The van der Waals surface area contributed by atoms with E-state index in [0.717, 1.165) is 5.92 Å². The van der Waals surface area contributed by atoms with Gasteiger partial charge in [-0.05, 0) is 18.3 Å². The Bertz CT molecular complexity index is 159. The van der Waals surface area contributed by atoms with Gasteiger partial charge in [-0.15, -0.1) is 6.42 Å². The minimum atomic E-state index is 0.0764. The van der Waals surface area contributed by atoms with Gasteiger partial charge in [-0.2, -0.15) is 0 Å². The third-order valence-corrected chi connectivity index (χ3v) is 2.72. The van der Waals surface area contributed by atoms with E-state index in [4.69, 9.17) is 12.3 Å². The van der Waals surface area contributed by atoms with E-state index in [1.165, 1.54) is 19.3 Å². The molecule has 1 fully saturated rings. The molecule has 0 spiro atoms. The van der Waals surface area contributed by atoms with E-state index in [1.807, 2.05) is 0 Å². The Morgan fingerprint density at radius 2 is 2.36 bits per heavy atom. The Morgan fingerprint density at radius 1 is 1.64 bits per heavy atom. The lowest BCUT2D eigenvalue weighted by Gasteiger charge is -2.21. The van der Waals surface area contributed by atoms with Gasteiger partial charge in [-0.1, -0.05) is 25.7 Å². The lowest BCUT2D eigenvalue weighted by Crippen LogP contribution is -2.40. The second-order valence-corrected chi connectivity index (χ2v) is 3.38. The van der Waals surface area contributed by atoms with Crippen molar-refractivity contribution in [3.05, 3.63) is 0 Å². The summed E-state index contributed by atoms with van der Waals surface area (Å²) in [6, 6.07) is 0.0764. The Kier molecular flexibility index (Phi) is 2.92. The molecule has 0 heterocycles. The molecule has 2 heteroatoms. The summed E-state index contributed by atoms with van der Waals surface area (Å²) in [5.41, 5.74) is 2.69. The molecule has 0 aromatic rings. The molecule has 1 rings (SSSR count). The van der Waals surface area contributed by atoms with Crippen molar-refractivity contribution < 1.29 is 0 Å². The molecule has 3 unspecified atom stereocenters. The number of nitrogens with two attached hydrogens (primary N) is 1. The molecule has 62 valence electrons. The molecule has 0 aliphatic heterocycles. The molecule has 11 heavy (non-hydrogen) atoms. The lowest BCUT2D eigenvalue weighted by molar-refractivity contribution is 0.349. The van der Waals surface area contributed by atoms with Crippen LogP contribution in [0.3, 0.4) is 0 Å². The molecule has 2 nitrogen and oxygen atoms in total. The fraction of sp³-hybridized carbons (Fsp3) is 0.778. The van der Waals surface area contributed by atoms with Crippen LogP contribution in [0.2, 0.25) is 0 Å². The molecule has 1 aliphatic rings. The lowest BCUT2D eigenvalue weighted by atomic mass is 9.91. The van der Waals surface area contributed by atoms with Crippen molar-refractivity contribution in [2.45, 2.75) is 32.2 Å². The van der Waals surface area contributed by atoms with Crippen LogP contribution in [0, 0.1) is 24.2 Å². The quantitative estimate of drug-likeness (QED) is 0.350. The number of hydrogen-bond acceptors (Lipinski definition) is 2. The van der Waals surface area contributed by atoms with E-state index in [1.54, 1.807) is 0 Å². The molecule has 0 radical (unpaired) electrons. The largest absolute Gasteiger partial charge is 0.270 e. The van der Waals surface area contributed by atoms with E-state index in [2.05, 4.69) is 18.3 Å². The predicted octanol–water partition coefficient (Wildman–Crippen LogP) is 0.888. The fourth-order valence-corrected chi connectivity index (χ4v) is 1.96. The summed E-state index contributed by atoms with van der Waals surface area (Å²) in [5.74, 6) is 9.34. The SMILES string of the molecule is C#CC(NN)C1CCCC1C. The van der Waals surface area contributed by atoms with Crippen LogP contribution in [0.15, 0.2) is 0 Å². The van der Waals surface area contributed by atoms with Crippen molar-refractivity contribution in [2.75, 3.05) is 0 Å². The highest BCUT2D eigenvalue weighted by Crippen LogP contribution is 2.33. The molecule has 1 saturated carbocycles. The van der Waals surface area contributed by atoms with Crippen molar-refractivity contribution >= 4 is 0 Å². The van der Waals surface area contributed by atoms with Crippen LogP contribution < -0.4 is 11.3 Å². The molecule has 3 atom stereocenters. The monoisotopic (exact) mass is 152 g/mol. The maximum atomic E-state index is 5.33. The van der Waals surface area contributed by atoms with Crippen LogP contribution in [0.4, 0.5) is 0 Å². The average molecular weight is 152 g/mol. The van der Waals surface area contributed by atoms with Crippen LogP contribution in [0.5, 0.6) is 0 Å². The first-order valence-electron chi connectivity index (χ1n) is 4.22. The number of hydrazine groups is 1. The summed E-state index contributed by atoms with van der Waals surface area (Å²) in [6.45, 7) is 2.25. The van der Waals surface area contributed by atoms with Gasteiger partial charge in [0.2, 0.25) is 0 Å². The second kappa shape index (κ2) is 3.75. The first kappa shape index (κ1) is 8.58. The number of rotatable bonds is 2. The summed E-state index contributed by atoms with van der Waals surface area (Å²) in [6.07, 6.45) is 9.15. The van der Waals surface area contributed by atoms with Gasteiger partial charge >= 0.3 is 0 Å². The number of terminal acetylenes is 1. The number of nitrogens with one attached hydrogen (secondary N) is 1. The normalized spacial score (nSPS) is 33.2. The summed E-state index contributed by atoms with van der Waals surface area (Å²) >= 11 is 0. The number of hydrogen-bond donors (Lipinski definition) is 2. The van der Waals surface area contributed by atoms with Crippen molar-refractivity contribution in [1.82, 2.24) is 5.43 Å². The van der Waals surface area contributed by atoms with E-state index in [-0.39, 0.29) is 6.04 Å². The van der Waals surface area contributed by atoms with Crippen molar-refractivity contribution in [3.8, 4) is 12.3 Å². The Balaban J connectivity index is 2.51. The smallest absolute Gasteiger partial charge is 0.0845 e. The molecule has 0 amide bonds. The van der Waals surface area contributed by atoms with Crippen LogP contribution in [-0.2, 0) is 0 Å². The van der Waals surface area contributed by atoms with Gasteiger partial charge in [0.25, 0.3) is 0 Å². The topological polar surface area (TPSA) is 38.0 Å². The van der Waals surface area contributed by atoms with Gasteiger partial charge in [0.1, 0.15) is 0 Å². The average Bonchev–Trinajstić information content (AvgIpc) is 2.40. The van der Waals surface area contributed by atoms with Crippen molar-refractivity contribution in [1.29, 1.82) is 0 Å². The van der Waals surface area contributed by atoms with E-state index < -0.39 is 0 Å². The zero-order valence-corrected chi connectivity index (χ0v) is 7.01. The molecule has 0 bridgehead atoms. The van der Waals surface area contributed by atoms with Crippen molar-refractivity contribution in [3.63, 3.8) is 0 Å². The molecular formula is C9H16N2. The van der Waals surface area contributed by atoms with Gasteiger partial charge in [0, 0.05) is 0 Å².